The zero-order valence-electron chi connectivity index (χ0n) is 15.4. The molecule has 4 heterocycles. The second kappa shape index (κ2) is 8.86. The third kappa shape index (κ3) is 5.28. The van der Waals surface area contributed by atoms with Crippen molar-refractivity contribution in [2.24, 2.45) is 7.05 Å². The van der Waals surface area contributed by atoms with E-state index in [1.165, 1.54) is 6.33 Å². The molecule has 0 spiro atoms. The van der Waals surface area contributed by atoms with Crippen molar-refractivity contribution in [2.75, 3.05) is 11.9 Å². The molecule has 4 rings (SSSR count). The number of anilines is 1. The normalized spacial score (nSPS) is 11.2. The Morgan fingerprint density at radius 2 is 2.07 bits per heavy atom. The van der Waals surface area contributed by atoms with Gasteiger partial charge < -0.3 is 10.4 Å². The molecule has 10 nitrogen and oxygen atoms in total. The third-order valence-electron chi connectivity index (χ3n) is 3.65. The number of thiazole rings is 1. The van der Waals surface area contributed by atoms with Gasteiger partial charge in [0.05, 0.1) is 5.69 Å². The number of aromatic nitrogens is 7. The number of carboxylic acids is 1. The molecule has 30 heavy (non-hydrogen) atoms. The molecule has 0 unspecified atom stereocenters. The van der Waals surface area contributed by atoms with Crippen LogP contribution in [0.3, 0.4) is 0 Å². The summed E-state index contributed by atoms with van der Waals surface area (Å²) in [6, 6.07) is 1.82. The van der Waals surface area contributed by atoms with E-state index in [-0.39, 0.29) is 0 Å². The second-order valence-corrected chi connectivity index (χ2v) is 6.65. The number of hydrogen-bond acceptors (Lipinski definition) is 8. The van der Waals surface area contributed by atoms with Crippen LogP contribution in [0.2, 0.25) is 0 Å². The summed E-state index contributed by atoms with van der Waals surface area (Å²) in [5.41, 5.74) is 1.79. The number of hydrogen-bond donors (Lipinski definition) is 2. The maximum absolute atomic E-state index is 10.6. The fourth-order valence-electron chi connectivity index (χ4n) is 2.30. The molecular formula is C16H15F3N8O2S. The van der Waals surface area contributed by atoms with Gasteiger partial charge in [0, 0.05) is 44.0 Å². The molecule has 2 N–H and O–H groups in total. The van der Waals surface area contributed by atoms with Crippen LogP contribution in [0.15, 0.2) is 36.4 Å². The highest BCUT2D eigenvalue weighted by Crippen LogP contribution is 2.15. The number of imidazole rings is 1. The number of halogens is 3. The van der Waals surface area contributed by atoms with Gasteiger partial charge in [-0.1, -0.05) is 0 Å². The molecule has 0 bridgehead atoms. The topological polar surface area (TPSA) is 123 Å². The molecule has 158 valence electrons. The van der Waals surface area contributed by atoms with Crippen LogP contribution in [-0.4, -0.2) is 57.9 Å². The minimum atomic E-state index is -5.08. The van der Waals surface area contributed by atoms with E-state index in [2.05, 4.69) is 30.4 Å². The first-order valence-electron chi connectivity index (χ1n) is 8.36. The largest absolute Gasteiger partial charge is 0.490 e. The van der Waals surface area contributed by atoms with Crippen LogP contribution >= 0.6 is 11.3 Å². The first-order valence-corrected chi connectivity index (χ1v) is 9.24. The first-order chi connectivity index (χ1) is 14.2. The van der Waals surface area contributed by atoms with E-state index in [1.54, 1.807) is 22.2 Å². The van der Waals surface area contributed by atoms with E-state index in [0.29, 0.717) is 18.3 Å². The SMILES string of the molecule is Cn1ncnc1-c1ccnc(NCCc2cn3ccsc3n2)n1.O=C(O)C(F)(F)F. The van der Waals surface area contributed by atoms with Gasteiger partial charge in [-0.3, -0.25) is 4.40 Å². The number of alkyl halides is 3. The Hall–Kier alpha value is -3.55. The number of aryl methyl sites for hydroxylation is 1. The number of carboxylic acid groups (broad SMARTS) is 1. The first kappa shape index (κ1) is 21.2. The van der Waals surface area contributed by atoms with Crippen molar-refractivity contribution >= 4 is 28.2 Å². The molecule has 0 saturated heterocycles. The molecule has 0 aliphatic rings. The van der Waals surface area contributed by atoms with Gasteiger partial charge in [-0.25, -0.2) is 29.4 Å². The Labute approximate surface area is 171 Å². The highest BCUT2D eigenvalue weighted by Gasteiger charge is 2.38. The number of nitrogens with one attached hydrogen (secondary N) is 1. The van der Waals surface area contributed by atoms with Crippen molar-refractivity contribution in [1.82, 2.24) is 34.1 Å². The zero-order chi connectivity index (χ0) is 21.7. The van der Waals surface area contributed by atoms with Crippen LogP contribution in [0.4, 0.5) is 19.1 Å². The molecule has 0 aliphatic heterocycles. The summed E-state index contributed by atoms with van der Waals surface area (Å²) >= 11 is 1.63. The lowest BCUT2D eigenvalue weighted by Crippen LogP contribution is -2.21. The Bertz CT molecular complexity index is 1110. The van der Waals surface area contributed by atoms with Crippen molar-refractivity contribution < 1.29 is 23.1 Å². The maximum Gasteiger partial charge on any atom is 0.490 e. The summed E-state index contributed by atoms with van der Waals surface area (Å²) in [6.45, 7) is 0.715. The van der Waals surface area contributed by atoms with E-state index in [0.717, 1.165) is 22.8 Å². The summed E-state index contributed by atoms with van der Waals surface area (Å²) in [4.78, 5) is 27.4. The van der Waals surface area contributed by atoms with Crippen LogP contribution in [-0.2, 0) is 18.3 Å². The minimum absolute atomic E-state index is 0.575. The minimum Gasteiger partial charge on any atom is -0.475 e. The third-order valence-corrected chi connectivity index (χ3v) is 4.42. The maximum atomic E-state index is 10.6. The van der Waals surface area contributed by atoms with Crippen LogP contribution in [0.1, 0.15) is 5.69 Å². The summed E-state index contributed by atoms with van der Waals surface area (Å²) in [6.07, 6.45) is 3.01. The van der Waals surface area contributed by atoms with Gasteiger partial charge in [0.25, 0.3) is 0 Å². The van der Waals surface area contributed by atoms with E-state index in [1.807, 2.05) is 35.3 Å². The predicted molar refractivity (Wildman–Crippen MR) is 101 cm³/mol. The number of fused-ring (bicyclic) bond motifs is 1. The predicted octanol–water partition coefficient (Wildman–Crippen LogP) is 2.27. The molecule has 14 heteroatoms. The number of rotatable bonds is 5. The highest BCUT2D eigenvalue weighted by atomic mass is 32.1. The molecule has 0 amide bonds. The van der Waals surface area contributed by atoms with E-state index in [9.17, 15) is 13.2 Å². The molecule has 0 aromatic carbocycles. The molecule has 0 radical (unpaired) electrons. The lowest BCUT2D eigenvalue weighted by atomic mass is 10.3. The standard InChI is InChI=1S/C14H14N8S.C2HF3O2/c1-21-12(17-9-18-21)11-3-5-16-13(20-11)15-4-2-10-8-22-6-7-23-14(22)19-10;3-2(4,5)1(6)7/h3,5-9H,2,4H2,1H3,(H,15,16,20);(H,6,7). The van der Waals surface area contributed by atoms with E-state index in [4.69, 9.17) is 9.90 Å². The van der Waals surface area contributed by atoms with Gasteiger partial charge in [-0.15, -0.1) is 11.3 Å². The van der Waals surface area contributed by atoms with Gasteiger partial charge in [-0.2, -0.15) is 18.3 Å². The summed E-state index contributed by atoms with van der Waals surface area (Å²) in [5.74, 6) is -1.47. The number of carbonyl (C=O) groups is 1. The van der Waals surface area contributed by atoms with Crippen molar-refractivity contribution in [1.29, 1.82) is 0 Å². The fraction of sp³-hybridized carbons (Fsp3) is 0.250. The molecule has 4 aromatic heterocycles. The summed E-state index contributed by atoms with van der Waals surface area (Å²) < 4.78 is 35.5. The quantitative estimate of drug-likeness (QED) is 0.485. The number of nitrogens with zero attached hydrogens (tertiary/aromatic N) is 7. The van der Waals surface area contributed by atoms with Gasteiger partial charge in [0.15, 0.2) is 10.8 Å². The average Bonchev–Trinajstić information content (AvgIpc) is 3.38. The second-order valence-electron chi connectivity index (χ2n) is 5.78. The Balaban J connectivity index is 0.000000318. The average molecular weight is 440 g/mol. The Morgan fingerprint density at radius 1 is 1.30 bits per heavy atom. The van der Waals surface area contributed by atoms with Crippen molar-refractivity contribution in [3.8, 4) is 11.5 Å². The zero-order valence-corrected chi connectivity index (χ0v) is 16.2. The molecule has 0 fully saturated rings. The molecule has 0 aliphatic carbocycles. The van der Waals surface area contributed by atoms with E-state index < -0.39 is 12.1 Å². The Kier molecular flexibility index (Phi) is 6.25. The van der Waals surface area contributed by atoms with Gasteiger partial charge in [-0.05, 0) is 6.07 Å². The summed E-state index contributed by atoms with van der Waals surface area (Å²) in [5, 5.41) is 16.4. The van der Waals surface area contributed by atoms with Crippen LogP contribution < -0.4 is 5.32 Å². The molecule has 0 atom stereocenters. The van der Waals surface area contributed by atoms with Crippen molar-refractivity contribution in [3.05, 3.63) is 42.1 Å². The monoisotopic (exact) mass is 440 g/mol. The van der Waals surface area contributed by atoms with E-state index >= 15 is 0 Å². The van der Waals surface area contributed by atoms with Crippen LogP contribution in [0, 0.1) is 0 Å². The van der Waals surface area contributed by atoms with Crippen molar-refractivity contribution in [2.45, 2.75) is 12.6 Å². The van der Waals surface area contributed by atoms with Crippen molar-refractivity contribution in [3.63, 3.8) is 0 Å². The lowest BCUT2D eigenvalue weighted by Gasteiger charge is -2.05. The van der Waals surface area contributed by atoms with Gasteiger partial charge in [0.2, 0.25) is 5.95 Å². The van der Waals surface area contributed by atoms with Gasteiger partial charge in [0.1, 0.15) is 12.0 Å². The highest BCUT2D eigenvalue weighted by molar-refractivity contribution is 7.15. The Morgan fingerprint density at radius 3 is 2.70 bits per heavy atom. The molecule has 4 aromatic rings. The van der Waals surface area contributed by atoms with Crippen LogP contribution in [0.5, 0.6) is 0 Å². The van der Waals surface area contributed by atoms with Crippen LogP contribution in [0.25, 0.3) is 16.5 Å². The molecule has 0 saturated carbocycles. The lowest BCUT2D eigenvalue weighted by molar-refractivity contribution is -0.192. The fourth-order valence-corrected chi connectivity index (χ4v) is 3.01. The smallest absolute Gasteiger partial charge is 0.475 e. The summed E-state index contributed by atoms with van der Waals surface area (Å²) in [7, 11) is 1.84. The number of aliphatic carboxylic acids is 1. The van der Waals surface area contributed by atoms with Gasteiger partial charge >= 0.3 is 12.1 Å². The molecular weight excluding hydrogens is 425 g/mol.